The van der Waals surface area contributed by atoms with E-state index in [1.807, 2.05) is 11.0 Å². The number of aromatic nitrogens is 2. The van der Waals surface area contributed by atoms with E-state index in [2.05, 4.69) is 29.2 Å². The molecule has 2 aliphatic rings. The molecule has 2 atom stereocenters. The summed E-state index contributed by atoms with van der Waals surface area (Å²) in [5.41, 5.74) is 2.46. The topological polar surface area (TPSA) is 46.1 Å². The zero-order chi connectivity index (χ0) is 18.8. The number of likely N-dealkylation sites (tertiary alicyclic amines) is 1. The van der Waals surface area contributed by atoms with Gasteiger partial charge in [0.2, 0.25) is 5.91 Å². The van der Waals surface area contributed by atoms with E-state index in [0.29, 0.717) is 16.3 Å². The molecular formula is C20H22ClN3OS2. The average molecular weight is 420 g/mol. The summed E-state index contributed by atoms with van der Waals surface area (Å²) in [4.78, 5) is 23.0. The summed E-state index contributed by atoms with van der Waals surface area (Å²) < 4.78 is 0. The maximum absolute atomic E-state index is 11.7. The van der Waals surface area contributed by atoms with E-state index in [1.165, 1.54) is 5.56 Å². The molecule has 142 valence electrons. The lowest BCUT2D eigenvalue weighted by molar-refractivity contribution is -0.129. The number of hydrogen-bond acceptors (Lipinski definition) is 5. The van der Waals surface area contributed by atoms with Crippen molar-refractivity contribution in [2.75, 3.05) is 18.8 Å². The molecule has 1 fully saturated rings. The predicted octanol–water partition coefficient (Wildman–Crippen LogP) is 4.67. The van der Waals surface area contributed by atoms with Gasteiger partial charge in [0.1, 0.15) is 10.2 Å². The van der Waals surface area contributed by atoms with Crippen molar-refractivity contribution >= 4 is 41.0 Å². The summed E-state index contributed by atoms with van der Waals surface area (Å²) in [6.45, 7) is 3.21. The van der Waals surface area contributed by atoms with E-state index >= 15 is 0 Å². The Balaban J connectivity index is 1.38. The van der Waals surface area contributed by atoms with Gasteiger partial charge in [0.15, 0.2) is 5.16 Å². The van der Waals surface area contributed by atoms with Gasteiger partial charge in [-0.1, -0.05) is 53.7 Å². The Morgan fingerprint density at radius 3 is 2.93 bits per heavy atom. The van der Waals surface area contributed by atoms with Gasteiger partial charge in [-0.15, -0.1) is 11.8 Å². The van der Waals surface area contributed by atoms with Crippen LogP contribution in [0.15, 0.2) is 40.5 Å². The number of aryl methyl sites for hydroxylation is 1. The van der Waals surface area contributed by atoms with Crippen LogP contribution in [0.4, 0.5) is 0 Å². The van der Waals surface area contributed by atoms with E-state index in [4.69, 9.17) is 16.6 Å². The maximum Gasteiger partial charge on any atom is 0.219 e. The number of hydrogen-bond donors (Lipinski definition) is 0. The van der Waals surface area contributed by atoms with Gasteiger partial charge in [0.05, 0.1) is 0 Å². The summed E-state index contributed by atoms with van der Waals surface area (Å²) >= 11 is 9.98. The van der Waals surface area contributed by atoms with Gasteiger partial charge in [0.25, 0.3) is 0 Å². The summed E-state index contributed by atoms with van der Waals surface area (Å²) in [6.07, 6.45) is 3.09. The van der Waals surface area contributed by atoms with Crippen molar-refractivity contribution < 1.29 is 4.79 Å². The molecule has 2 aromatic rings. The average Bonchev–Trinajstić information content (AvgIpc) is 3.04. The highest BCUT2D eigenvalue weighted by atomic mass is 35.5. The number of thioether (sulfide) groups is 2. The fourth-order valence-electron chi connectivity index (χ4n) is 3.75. The van der Waals surface area contributed by atoms with Gasteiger partial charge in [-0.25, -0.2) is 9.97 Å². The van der Waals surface area contributed by atoms with Gasteiger partial charge in [0, 0.05) is 42.5 Å². The molecule has 0 bridgehead atoms. The number of nitrogens with zero attached hydrogens (tertiary/aromatic N) is 3. The van der Waals surface area contributed by atoms with Crippen LogP contribution in [-0.2, 0) is 11.2 Å². The zero-order valence-corrected chi connectivity index (χ0v) is 17.6. The standard InChI is InChI=1S/C20H22ClN3OS2/c1-13(25)24-10-9-15-16(12-24)27-19-17(15)18(21)22-20(23-19)26-11-5-8-14-6-3-2-4-7-14/h2-4,6-7,15-16H,5,8-12H2,1H3. The van der Waals surface area contributed by atoms with Gasteiger partial charge in [-0.05, 0) is 24.8 Å². The molecule has 1 saturated heterocycles. The molecule has 27 heavy (non-hydrogen) atoms. The van der Waals surface area contributed by atoms with E-state index in [0.717, 1.165) is 53.9 Å². The Morgan fingerprint density at radius 1 is 1.33 bits per heavy atom. The minimum atomic E-state index is 0.150. The number of carbonyl (C=O) groups excluding carboxylic acids is 1. The molecule has 2 unspecified atom stereocenters. The fourth-order valence-corrected chi connectivity index (χ4v) is 6.50. The molecule has 2 aliphatic heterocycles. The molecule has 7 heteroatoms. The van der Waals surface area contributed by atoms with Crippen molar-refractivity contribution in [3.63, 3.8) is 0 Å². The maximum atomic E-state index is 11.7. The van der Waals surface area contributed by atoms with Crippen LogP contribution in [0, 0.1) is 0 Å². The number of piperidine rings is 1. The lowest BCUT2D eigenvalue weighted by Gasteiger charge is -2.33. The first-order valence-corrected chi connectivity index (χ1v) is 11.5. The number of amides is 1. The normalized spacial score (nSPS) is 21.0. The zero-order valence-electron chi connectivity index (χ0n) is 15.2. The largest absolute Gasteiger partial charge is 0.342 e. The van der Waals surface area contributed by atoms with Gasteiger partial charge in [-0.3, -0.25) is 4.79 Å². The van der Waals surface area contributed by atoms with Gasteiger partial charge >= 0.3 is 0 Å². The molecule has 1 aromatic heterocycles. The van der Waals surface area contributed by atoms with Crippen LogP contribution in [0.5, 0.6) is 0 Å². The summed E-state index contributed by atoms with van der Waals surface area (Å²) in [5, 5.41) is 2.73. The van der Waals surface area contributed by atoms with Crippen molar-refractivity contribution in [1.29, 1.82) is 0 Å². The highest BCUT2D eigenvalue weighted by Gasteiger charge is 2.41. The van der Waals surface area contributed by atoms with Crippen LogP contribution in [0.25, 0.3) is 0 Å². The van der Waals surface area contributed by atoms with Crippen LogP contribution in [-0.4, -0.2) is 44.9 Å². The Morgan fingerprint density at radius 2 is 2.15 bits per heavy atom. The third-order valence-corrected chi connectivity index (χ3v) is 7.70. The molecule has 0 saturated carbocycles. The third-order valence-electron chi connectivity index (χ3n) is 5.17. The van der Waals surface area contributed by atoms with Crippen molar-refractivity contribution in [3.8, 4) is 0 Å². The number of rotatable bonds is 5. The van der Waals surface area contributed by atoms with Crippen LogP contribution < -0.4 is 0 Å². The number of fused-ring (bicyclic) bond motifs is 3. The lowest BCUT2D eigenvalue weighted by atomic mass is 9.91. The van der Waals surface area contributed by atoms with Crippen LogP contribution >= 0.6 is 35.1 Å². The van der Waals surface area contributed by atoms with E-state index < -0.39 is 0 Å². The molecule has 0 radical (unpaired) electrons. The molecule has 1 aromatic carbocycles. The Kier molecular flexibility index (Phi) is 5.95. The minimum Gasteiger partial charge on any atom is -0.342 e. The van der Waals surface area contributed by atoms with Crippen LogP contribution in [0.3, 0.4) is 0 Å². The molecule has 1 amide bonds. The summed E-state index contributed by atoms with van der Waals surface area (Å²) in [6, 6.07) is 10.5. The van der Waals surface area contributed by atoms with Crippen molar-refractivity contribution in [2.24, 2.45) is 0 Å². The second-order valence-electron chi connectivity index (χ2n) is 6.97. The molecule has 0 spiro atoms. The fraction of sp³-hybridized carbons (Fsp3) is 0.450. The SMILES string of the molecule is CC(=O)N1CCC2c3c(Cl)nc(SCCCc4ccccc4)nc3SC2C1. The Labute approximate surface area is 173 Å². The highest BCUT2D eigenvalue weighted by Crippen LogP contribution is 2.50. The molecule has 0 N–H and O–H groups in total. The van der Waals surface area contributed by atoms with E-state index in [9.17, 15) is 4.79 Å². The molecule has 4 rings (SSSR count). The predicted molar refractivity (Wildman–Crippen MR) is 112 cm³/mol. The third kappa shape index (κ3) is 4.28. The Bertz CT molecular complexity index is 833. The smallest absolute Gasteiger partial charge is 0.219 e. The van der Waals surface area contributed by atoms with Crippen molar-refractivity contribution in [2.45, 2.75) is 47.5 Å². The second-order valence-corrected chi connectivity index (χ2v) is 9.62. The number of carbonyl (C=O) groups is 1. The first-order valence-electron chi connectivity index (χ1n) is 9.28. The van der Waals surface area contributed by atoms with Crippen LogP contribution in [0.1, 0.15) is 36.8 Å². The summed E-state index contributed by atoms with van der Waals surface area (Å²) in [7, 11) is 0. The number of halogens is 1. The van der Waals surface area contributed by atoms with Gasteiger partial charge < -0.3 is 4.90 Å². The Hall–Kier alpha value is -1.24. The lowest BCUT2D eigenvalue weighted by Crippen LogP contribution is -2.42. The van der Waals surface area contributed by atoms with Gasteiger partial charge in [-0.2, -0.15) is 0 Å². The second kappa shape index (κ2) is 8.41. The number of benzene rings is 1. The van der Waals surface area contributed by atoms with E-state index in [1.54, 1.807) is 30.4 Å². The molecule has 0 aliphatic carbocycles. The highest BCUT2D eigenvalue weighted by molar-refractivity contribution is 8.00. The van der Waals surface area contributed by atoms with Crippen molar-refractivity contribution in [3.05, 3.63) is 46.6 Å². The molecule has 4 nitrogen and oxygen atoms in total. The van der Waals surface area contributed by atoms with E-state index in [-0.39, 0.29) is 5.91 Å². The first kappa shape index (κ1) is 19.1. The first-order chi connectivity index (χ1) is 13.1. The summed E-state index contributed by atoms with van der Waals surface area (Å²) in [5.74, 6) is 1.49. The molecular weight excluding hydrogens is 398 g/mol. The van der Waals surface area contributed by atoms with Crippen LogP contribution in [0.2, 0.25) is 5.15 Å². The monoisotopic (exact) mass is 419 g/mol. The minimum absolute atomic E-state index is 0.150. The molecule has 3 heterocycles. The van der Waals surface area contributed by atoms with Crippen molar-refractivity contribution in [1.82, 2.24) is 14.9 Å². The quantitative estimate of drug-likeness (QED) is 0.305.